The second-order valence-electron chi connectivity index (χ2n) is 5.15. The molecular weight excluding hydrogens is 286 g/mol. The monoisotopic (exact) mass is 305 g/mol. The van der Waals surface area contributed by atoms with E-state index in [1.807, 2.05) is 51.1 Å². The number of halogens is 1. The van der Waals surface area contributed by atoms with Gasteiger partial charge in [0.1, 0.15) is 5.82 Å². The van der Waals surface area contributed by atoms with Crippen LogP contribution in [0.4, 0.5) is 11.5 Å². The van der Waals surface area contributed by atoms with Crippen LogP contribution in [-0.4, -0.2) is 11.1 Å². The Labute approximate surface area is 130 Å². The maximum atomic E-state index is 6.21. The zero-order valence-electron chi connectivity index (χ0n) is 12.4. The molecule has 1 heterocycles. The molecular formula is C16H20ClN3O. The van der Waals surface area contributed by atoms with Gasteiger partial charge in [-0.1, -0.05) is 29.8 Å². The normalized spacial score (nSPS) is 12.2. The predicted molar refractivity (Wildman–Crippen MR) is 87.9 cm³/mol. The molecule has 0 saturated heterocycles. The maximum absolute atomic E-state index is 6.21. The molecule has 2 rings (SSSR count). The maximum Gasteiger partial charge on any atom is 0.239 e. The summed E-state index contributed by atoms with van der Waals surface area (Å²) in [5, 5.41) is 4.04. The second kappa shape index (κ2) is 6.68. The van der Waals surface area contributed by atoms with Gasteiger partial charge in [-0.25, -0.2) is 0 Å². The highest BCUT2D eigenvalue weighted by Crippen LogP contribution is 2.27. The SMILES string of the molecule is CC(C)Oc1nc(NC(C)c2ccccc2Cl)ccc1N. The summed E-state index contributed by atoms with van der Waals surface area (Å²) in [5.41, 5.74) is 7.41. The molecule has 0 saturated carbocycles. The van der Waals surface area contributed by atoms with Gasteiger partial charge < -0.3 is 15.8 Å². The van der Waals surface area contributed by atoms with Crippen molar-refractivity contribution in [2.45, 2.75) is 32.9 Å². The molecule has 5 heteroatoms. The smallest absolute Gasteiger partial charge is 0.239 e. The number of nitrogens with one attached hydrogen (secondary N) is 1. The number of aromatic nitrogens is 1. The van der Waals surface area contributed by atoms with Gasteiger partial charge in [0.25, 0.3) is 0 Å². The summed E-state index contributed by atoms with van der Waals surface area (Å²) >= 11 is 6.21. The molecule has 0 fully saturated rings. The minimum Gasteiger partial charge on any atom is -0.473 e. The van der Waals surface area contributed by atoms with Crippen LogP contribution in [0.2, 0.25) is 5.02 Å². The Balaban J connectivity index is 2.18. The third-order valence-corrected chi connectivity index (χ3v) is 3.32. The third-order valence-electron chi connectivity index (χ3n) is 2.97. The molecule has 0 bridgehead atoms. The molecule has 21 heavy (non-hydrogen) atoms. The Hall–Kier alpha value is -1.94. The minimum atomic E-state index is 0.0241. The fraction of sp³-hybridized carbons (Fsp3) is 0.312. The van der Waals surface area contributed by atoms with Crippen LogP contribution in [-0.2, 0) is 0 Å². The van der Waals surface area contributed by atoms with Crippen molar-refractivity contribution in [3.05, 3.63) is 47.0 Å². The van der Waals surface area contributed by atoms with Crippen molar-refractivity contribution in [1.29, 1.82) is 0 Å². The van der Waals surface area contributed by atoms with E-state index in [9.17, 15) is 0 Å². The van der Waals surface area contributed by atoms with Gasteiger partial charge in [-0.05, 0) is 44.5 Å². The van der Waals surface area contributed by atoms with Gasteiger partial charge in [-0.15, -0.1) is 0 Å². The summed E-state index contributed by atoms with van der Waals surface area (Å²) in [6.45, 7) is 5.91. The summed E-state index contributed by atoms with van der Waals surface area (Å²) in [7, 11) is 0. The number of nitrogens with zero attached hydrogens (tertiary/aromatic N) is 1. The standard InChI is InChI=1S/C16H20ClN3O/c1-10(2)21-16-14(18)8-9-15(20-16)19-11(3)12-6-4-5-7-13(12)17/h4-11H,18H2,1-3H3,(H,19,20). The highest BCUT2D eigenvalue weighted by Gasteiger charge is 2.11. The predicted octanol–water partition coefficient (Wildman–Crippen LogP) is 4.28. The first kappa shape index (κ1) is 15.4. The van der Waals surface area contributed by atoms with Gasteiger partial charge in [0.05, 0.1) is 17.8 Å². The zero-order chi connectivity index (χ0) is 15.4. The first-order chi connectivity index (χ1) is 9.97. The fourth-order valence-electron chi connectivity index (χ4n) is 1.98. The summed E-state index contributed by atoms with van der Waals surface area (Å²) < 4.78 is 5.59. The summed E-state index contributed by atoms with van der Waals surface area (Å²) in [4.78, 5) is 4.41. The molecule has 0 aliphatic heterocycles. The molecule has 3 N–H and O–H groups in total. The zero-order valence-corrected chi connectivity index (χ0v) is 13.2. The van der Waals surface area contributed by atoms with Crippen LogP contribution in [0.1, 0.15) is 32.4 Å². The first-order valence-electron chi connectivity index (χ1n) is 6.91. The highest BCUT2D eigenvalue weighted by molar-refractivity contribution is 6.31. The van der Waals surface area contributed by atoms with Gasteiger partial charge in [-0.3, -0.25) is 0 Å². The number of rotatable bonds is 5. The summed E-state index contributed by atoms with van der Waals surface area (Å²) in [6, 6.07) is 11.4. The molecule has 0 aliphatic carbocycles. The van der Waals surface area contributed by atoms with Crippen molar-refractivity contribution in [2.24, 2.45) is 0 Å². The average Bonchev–Trinajstić information content (AvgIpc) is 2.42. The van der Waals surface area contributed by atoms with E-state index in [2.05, 4.69) is 10.3 Å². The van der Waals surface area contributed by atoms with Crippen LogP contribution in [0.25, 0.3) is 0 Å². The van der Waals surface area contributed by atoms with Gasteiger partial charge in [0, 0.05) is 5.02 Å². The van der Waals surface area contributed by atoms with Crippen molar-refractivity contribution in [2.75, 3.05) is 11.1 Å². The molecule has 4 nitrogen and oxygen atoms in total. The van der Waals surface area contributed by atoms with E-state index in [0.717, 1.165) is 10.6 Å². The molecule has 0 aliphatic rings. The molecule has 2 aromatic rings. The quantitative estimate of drug-likeness (QED) is 0.865. The Morgan fingerprint density at radius 1 is 1.14 bits per heavy atom. The van der Waals surface area contributed by atoms with Crippen LogP contribution in [0.3, 0.4) is 0 Å². The van der Waals surface area contributed by atoms with Gasteiger partial charge in [0.15, 0.2) is 0 Å². The van der Waals surface area contributed by atoms with E-state index in [-0.39, 0.29) is 12.1 Å². The Bertz CT molecular complexity index is 616. The molecule has 1 atom stereocenters. The Morgan fingerprint density at radius 3 is 2.52 bits per heavy atom. The number of nitrogens with two attached hydrogens (primary N) is 1. The Kier molecular flexibility index (Phi) is 4.91. The van der Waals surface area contributed by atoms with Crippen molar-refractivity contribution in [1.82, 2.24) is 4.98 Å². The lowest BCUT2D eigenvalue weighted by atomic mass is 10.1. The lowest BCUT2D eigenvalue weighted by Crippen LogP contribution is -2.12. The van der Waals surface area contributed by atoms with Gasteiger partial charge in [0.2, 0.25) is 5.88 Å². The molecule has 0 spiro atoms. The third kappa shape index (κ3) is 4.02. The number of anilines is 2. The number of hydrogen-bond acceptors (Lipinski definition) is 4. The van der Waals surface area contributed by atoms with E-state index < -0.39 is 0 Å². The lowest BCUT2D eigenvalue weighted by Gasteiger charge is -2.18. The van der Waals surface area contributed by atoms with Crippen molar-refractivity contribution in [3.63, 3.8) is 0 Å². The number of hydrogen-bond donors (Lipinski definition) is 2. The van der Waals surface area contributed by atoms with Crippen LogP contribution >= 0.6 is 11.6 Å². The van der Waals surface area contributed by atoms with E-state index in [1.165, 1.54) is 0 Å². The lowest BCUT2D eigenvalue weighted by molar-refractivity contribution is 0.234. The molecule has 112 valence electrons. The average molecular weight is 306 g/mol. The van der Waals surface area contributed by atoms with Crippen LogP contribution in [0, 0.1) is 0 Å². The van der Waals surface area contributed by atoms with E-state index >= 15 is 0 Å². The van der Waals surface area contributed by atoms with Crippen LogP contribution in [0.5, 0.6) is 5.88 Å². The summed E-state index contributed by atoms with van der Waals surface area (Å²) in [5.74, 6) is 1.15. The van der Waals surface area contributed by atoms with Crippen molar-refractivity contribution >= 4 is 23.1 Å². The van der Waals surface area contributed by atoms with E-state index in [0.29, 0.717) is 17.4 Å². The fourth-order valence-corrected chi connectivity index (χ4v) is 2.27. The minimum absolute atomic E-state index is 0.0241. The van der Waals surface area contributed by atoms with Gasteiger partial charge >= 0.3 is 0 Å². The molecule has 1 unspecified atom stereocenters. The van der Waals surface area contributed by atoms with Crippen molar-refractivity contribution in [3.8, 4) is 5.88 Å². The second-order valence-corrected chi connectivity index (χ2v) is 5.55. The van der Waals surface area contributed by atoms with Crippen LogP contribution in [0.15, 0.2) is 36.4 Å². The van der Waals surface area contributed by atoms with E-state index in [4.69, 9.17) is 22.1 Å². The number of ether oxygens (including phenoxy) is 1. The van der Waals surface area contributed by atoms with Gasteiger partial charge in [-0.2, -0.15) is 4.98 Å². The first-order valence-corrected chi connectivity index (χ1v) is 7.29. The van der Waals surface area contributed by atoms with Crippen molar-refractivity contribution < 1.29 is 4.74 Å². The number of pyridine rings is 1. The molecule has 0 radical (unpaired) electrons. The molecule has 1 aromatic carbocycles. The largest absolute Gasteiger partial charge is 0.473 e. The topological polar surface area (TPSA) is 60.2 Å². The molecule has 1 aromatic heterocycles. The van der Waals surface area contributed by atoms with Crippen LogP contribution < -0.4 is 15.8 Å². The number of benzene rings is 1. The Morgan fingerprint density at radius 2 is 1.86 bits per heavy atom. The summed E-state index contributed by atoms with van der Waals surface area (Å²) in [6.07, 6.45) is 0.0241. The molecule has 0 amide bonds. The highest BCUT2D eigenvalue weighted by atomic mass is 35.5. The van der Waals surface area contributed by atoms with E-state index in [1.54, 1.807) is 6.07 Å². The number of nitrogen functional groups attached to an aromatic ring is 1.